The van der Waals surface area contributed by atoms with Gasteiger partial charge in [-0.2, -0.15) is 0 Å². The molecular formula is C15H20O6. The molecular weight excluding hydrogens is 276 g/mol. The van der Waals surface area contributed by atoms with E-state index < -0.39 is 17.4 Å². The van der Waals surface area contributed by atoms with Crippen molar-refractivity contribution in [2.24, 2.45) is 5.41 Å². The topological polar surface area (TPSA) is 82.1 Å². The van der Waals surface area contributed by atoms with Crippen LogP contribution in [0.3, 0.4) is 0 Å². The van der Waals surface area contributed by atoms with Crippen LogP contribution >= 0.6 is 0 Å². The van der Waals surface area contributed by atoms with Gasteiger partial charge >= 0.3 is 11.9 Å². The number of hydrogen-bond donors (Lipinski definition) is 1. The molecule has 0 spiro atoms. The quantitative estimate of drug-likeness (QED) is 0.611. The molecule has 0 heterocycles. The average Bonchev–Trinajstić information content (AvgIpc) is 2.46. The maximum atomic E-state index is 11.9. The van der Waals surface area contributed by atoms with Gasteiger partial charge in [0.25, 0.3) is 0 Å². The van der Waals surface area contributed by atoms with Crippen molar-refractivity contribution < 1.29 is 28.9 Å². The largest absolute Gasteiger partial charge is 0.493 e. The van der Waals surface area contributed by atoms with Crippen LogP contribution in [-0.2, 0) is 20.7 Å². The Bertz CT molecular complexity index is 525. The molecule has 1 N–H and O–H groups in total. The third-order valence-electron chi connectivity index (χ3n) is 3.20. The summed E-state index contributed by atoms with van der Waals surface area (Å²) in [5.41, 5.74) is -0.999. The number of carboxylic acid groups (broad SMARTS) is 1. The number of hydrogen-bond acceptors (Lipinski definition) is 5. The van der Waals surface area contributed by atoms with E-state index in [2.05, 4.69) is 0 Å². The molecule has 1 atom stereocenters. The molecule has 6 heteroatoms. The number of carbonyl (C=O) groups is 2. The maximum absolute atomic E-state index is 11.9. The first-order valence-electron chi connectivity index (χ1n) is 6.50. The van der Waals surface area contributed by atoms with Gasteiger partial charge in [0.1, 0.15) is 0 Å². The van der Waals surface area contributed by atoms with E-state index in [1.165, 1.54) is 21.1 Å². The summed E-state index contributed by atoms with van der Waals surface area (Å²) >= 11 is 0. The molecule has 0 aliphatic heterocycles. The summed E-state index contributed by atoms with van der Waals surface area (Å²) in [4.78, 5) is 23.4. The van der Waals surface area contributed by atoms with Crippen molar-refractivity contribution in [2.45, 2.75) is 20.3 Å². The van der Waals surface area contributed by atoms with Crippen molar-refractivity contribution >= 4 is 11.9 Å². The predicted molar refractivity (Wildman–Crippen MR) is 75.6 cm³/mol. The first kappa shape index (κ1) is 16.8. The summed E-state index contributed by atoms with van der Waals surface area (Å²) < 4.78 is 15.2. The highest BCUT2D eigenvalue weighted by Crippen LogP contribution is 2.31. The van der Waals surface area contributed by atoms with Gasteiger partial charge in [0.2, 0.25) is 0 Å². The first-order valence-corrected chi connectivity index (χ1v) is 6.50. The van der Waals surface area contributed by atoms with Crippen LogP contribution in [0.5, 0.6) is 11.5 Å². The molecule has 0 amide bonds. The van der Waals surface area contributed by atoms with Gasteiger partial charge in [-0.05, 0) is 38.0 Å². The predicted octanol–water partition coefficient (Wildman–Crippen LogP) is 1.90. The monoisotopic (exact) mass is 296 g/mol. The van der Waals surface area contributed by atoms with Gasteiger partial charge < -0.3 is 19.3 Å². The number of rotatable bonds is 7. The molecule has 6 nitrogen and oxygen atoms in total. The Hall–Kier alpha value is -2.24. The number of esters is 1. The minimum absolute atomic E-state index is 0.00151. The molecule has 0 aliphatic carbocycles. The second-order valence-electron chi connectivity index (χ2n) is 4.72. The van der Waals surface area contributed by atoms with Crippen LogP contribution in [0.15, 0.2) is 18.2 Å². The molecule has 0 aromatic heterocycles. The normalized spacial score (nSPS) is 13.1. The number of methoxy groups -OCH3 is 2. The lowest BCUT2D eigenvalue weighted by Crippen LogP contribution is -2.40. The zero-order valence-electron chi connectivity index (χ0n) is 12.6. The fourth-order valence-electron chi connectivity index (χ4n) is 1.92. The number of aliphatic carboxylic acids is 1. The van der Waals surface area contributed by atoms with Gasteiger partial charge in [-0.3, -0.25) is 9.59 Å². The van der Waals surface area contributed by atoms with Crippen molar-refractivity contribution in [3.05, 3.63) is 23.8 Å². The Morgan fingerprint density at radius 2 is 1.81 bits per heavy atom. The molecule has 1 rings (SSSR count). The first-order chi connectivity index (χ1) is 9.88. The Morgan fingerprint density at radius 1 is 1.19 bits per heavy atom. The van der Waals surface area contributed by atoms with E-state index in [9.17, 15) is 14.7 Å². The fourth-order valence-corrected chi connectivity index (χ4v) is 1.92. The van der Waals surface area contributed by atoms with Gasteiger partial charge in [-0.25, -0.2) is 0 Å². The Morgan fingerprint density at radius 3 is 2.29 bits per heavy atom. The molecule has 1 aromatic rings. The van der Waals surface area contributed by atoms with Crippen LogP contribution in [0.4, 0.5) is 0 Å². The van der Waals surface area contributed by atoms with Crippen molar-refractivity contribution in [3.63, 3.8) is 0 Å². The summed E-state index contributed by atoms with van der Waals surface area (Å²) in [7, 11) is 3.00. The van der Waals surface area contributed by atoms with E-state index in [0.717, 1.165) is 0 Å². The highest BCUT2D eigenvalue weighted by molar-refractivity contribution is 5.99. The number of ether oxygens (including phenoxy) is 3. The van der Waals surface area contributed by atoms with E-state index in [0.29, 0.717) is 17.1 Å². The Kier molecular flexibility index (Phi) is 5.58. The number of benzene rings is 1. The second kappa shape index (κ2) is 6.97. The minimum atomic E-state index is -1.64. The van der Waals surface area contributed by atoms with Crippen molar-refractivity contribution in [2.75, 3.05) is 20.8 Å². The molecule has 0 fully saturated rings. The van der Waals surface area contributed by atoms with Gasteiger partial charge in [-0.1, -0.05) is 6.07 Å². The fraction of sp³-hybridized carbons (Fsp3) is 0.467. The second-order valence-corrected chi connectivity index (χ2v) is 4.72. The lowest BCUT2D eigenvalue weighted by atomic mass is 9.83. The molecule has 0 aliphatic rings. The van der Waals surface area contributed by atoms with Gasteiger partial charge in [0, 0.05) is 0 Å². The lowest BCUT2D eigenvalue weighted by Gasteiger charge is -2.23. The minimum Gasteiger partial charge on any atom is -0.493 e. The summed E-state index contributed by atoms with van der Waals surface area (Å²) in [6.07, 6.45) is 0.00151. The SMILES string of the molecule is CCOC(=O)C(C)(Cc1ccc(OC)c(OC)c1)C(=O)O. The van der Waals surface area contributed by atoms with E-state index in [4.69, 9.17) is 14.2 Å². The summed E-state index contributed by atoms with van der Waals surface area (Å²) in [6, 6.07) is 5.02. The van der Waals surface area contributed by atoms with E-state index >= 15 is 0 Å². The summed E-state index contributed by atoms with van der Waals surface area (Å²) in [6.45, 7) is 3.12. The molecule has 1 aromatic carbocycles. The maximum Gasteiger partial charge on any atom is 0.323 e. The van der Waals surface area contributed by atoms with Gasteiger partial charge in [0.05, 0.1) is 20.8 Å². The molecule has 0 saturated heterocycles. The molecule has 0 radical (unpaired) electrons. The highest BCUT2D eigenvalue weighted by atomic mass is 16.5. The van der Waals surface area contributed by atoms with Crippen LogP contribution in [0.1, 0.15) is 19.4 Å². The lowest BCUT2D eigenvalue weighted by molar-refractivity contribution is -0.167. The van der Waals surface area contributed by atoms with E-state index in [-0.39, 0.29) is 13.0 Å². The third kappa shape index (κ3) is 3.65. The zero-order chi connectivity index (χ0) is 16.0. The van der Waals surface area contributed by atoms with Crippen molar-refractivity contribution in [1.82, 2.24) is 0 Å². The average molecular weight is 296 g/mol. The van der Waals surface area contributed by atoms with Crippen molar-refractivity contribution in [3.8, 4) is 11.5 Å². The molecule has 21 heavy (non-hydrogen) atoms. The Balaban J connectivity index is 3.10. The summed E-state index contributed by atoms with van der Waals surface area (Å²) in [5.74, 6) is -0.968. The molecule has 0 saturated carbocycles. The number of carboxylic acids is 1. The molecule has 0 bridgehead atoms. The summed E-state index contributed by atoms with van der Waals surface area (Å²) in [5, 5.41) is 9.36. The van der Waals surface area contributed by atoms with Crippen LogP contribution in [0.25, 0.3) is 0 Å². The third-order valence-corrected chi connectivity index (χ3v) is 3.20. The van der Waals surface area contributed by atoms with Crippen molar-refractivity contribution in [1.29, 1.82) is 0 Å². The van der Waals surface area contributed by atoms with Crippen LogP contribution in [0, 0.1) is 5.41 Å². The Labute approximate surface area is 123 Å². The van der Waals surface area contributed by atoms with Crippen LogP contribution < -0.4 is 9.47 Å². The van der Waals surface area contributed by atoms with Gasteiger partial charge in [0.15, 0.2) is 16.9 Å². The zero-order valence-corrected chi connectivity index (χ0v) is 12.6. The van der Waals surface area contributed by atoms with Gasteiger partial charge in [-0.15, -0.1) is 0 Å². The van der Waals surface area contributed by atoms with E-state index in [1.54, 1.807) is 25.1 Å². The van der Waals surface area contributed by atoms with Crippen LogP contribution in [0.2, 0.25) is 0 Å². The molecule has 1 unspecified atom stereocenters. The number of carbonyl (C=O) groups excluding carboxylic acids is 1. The smallest absolute Gasteiger partial charge is 0.323 e. The van der Waals surface area contributed by atoms with E-state index in [1.807, 2.05) is 0 Å². The van der Waals surface area contributed by atoms with Crippen LogP contribution in [-0.4, -0.2) is 37.9 Å². The highest BCUT2D eigenvalue weighted by Gasteiger charge is 2.43. The standard InChI is InChI=1S/C15H20O6/c1-5-21-14(18)15(2,13(16)17)9-10-6-7-11(19-3)12(8-10)20-4/h6-8H,5,9H2,1-4H3,(H,16,17). The molecule has 116 valence electrons.